The third-order valence-corrected chi connectivity index (χ3v) is 7.15. The van der Waals surface area contributed by atoms with Gasteiger partial charge >= 0.3 is 0 Å². The summed E-state index contributed by atoms with van der Waals surface area (Å²) in [6.07, 6.45) is 2.07. The van der Waals surface area contributed by atoms with Crippen molar-refractivity contribution in [2.45, 2.75) is 0 Å². The van der Waals surface area contributed by atoms with Crippen LogP contribution in [-0.2, 0) is 0 Å². The molecule has 0 unspecified atom stereocenters. The first kappa shape index (κ1) is 20.9. The van der Waals surface area contributed by atoms with Crippen molar-refractivity contribution in [2.24, 2.45) is 0 Å². The van der Waals surface area contributed by atoms with Crippen molar-refractivity contribution >= 4 is 38.6 Å². The molecule has 0 N–H and O–H groups in total. The van der Waals surface area contributed by atoms with Crippen LogP contribution in [0.25, 0.3) is 66.9 Å². The Morgan fingerprint density at radius 3 is 2.13 bits per heavy atom. The van der Waals surface area contributed by atoms with Crippen molar-refractivity contribution in [1.82, 2.24) is 23.9 Å². The second kappa shape index (κ2) is 8.11. The lowest BCUT2D eigenvalue weighted by Crippen LogP contribution is -1.98. The molecule has 0 amide bonds. The third-order valence-electron chi connectivity index (χ3n) is 7.15. The van der Waals surface area contributed by atoms with Crippen LogP contribution in [0, 0.1) is 0 Å². The fourth-order valence-electron chi connectivity index (χ4n) is 5.40. The maximum absolute atomic E-state index is 5.03. The Balaban J connectivity index is 1.32. The number of hydrogen-bond donors (Lipinski definition) is 0. The lowest BCUT2D eigenvalue weighted by molar-refractivity contribution is 1.09. The third kappa shape index (κ3) is 3.09. The summed E-state index contributed by atoms with van der Waals surface area (Å²) in [4.78, 5) is 14.9. The fraction of sp³-hybridized carbons (Fsp3) is 0. The first-order chi connectivity index (χ1) is 18.8. The highest BCUT2D eigenvalue weighted by Gasteiger charge is 2.18. The monoisotopic (exact) mass is 487 g/mol. The number of fused-ring (bicyclic) bond motifs is 6. The Morgan fingerprint density at radius 2 is 1.26 bits per heavy atom. The van der Waals surface area contributed by atoms with Crippen LogP contribution < -0.4 is 0 Å². The molecule has 0 aliphatic rings. The van der Waals surface area contributed by atoms with Crippen LogP contribution in [0.2, 0.25) is 0 Å². The van der Waals surface area contributed by atoms with Crippen LogP contribution in [0.5, 0.6) is 0 Å². The summed E-state index contributed by atoms with van der Waals surface area (Å²) in [6, 6.07) is 41.6. The van der Waals surface area contributed by atoms with Crippen LogP contribution in [-0.4, -0.2) is 23.9 Å². The Kier molecular flexibility index (Phi) is 4.45. The molecule has 8 rings (SSSR count). The SMILES string of the molecule is c1ccc(-c2nc(-c3ccc(-n4c5ccccc5c5nc6ccccn6c54)cc3)nc3ccccc23)cc1. The van der Waals surface area contributed by atoms with Gasteiger partial charge < -0.3 is 0 Å². The zero-order valence-electron chi connectivity index (χ0n) is 20.4. The number of pyridine rings is 1. The van der Waals surface area contributed by atoms with E-state index in [4.69, 9.17) is 15.0 Å². The average molecular weight is 488 g/mol. The lowest BCUT2D eigenvalue weighted by Gasteiger charge is -2.11. The van der Waals surface area contributed by atoms with Crippen molar-refractivity contribution in [2.75, 3.05) is 0 Å². The van der Waals surface area contributed by atoms with Crippen molar-refractivity contribution < 1.29 is 0 Å². The minimum absolute atomic E-state index is 0.714. The highest BCUT2D eigenvalue weighted by atomic mass is 15.1. The summed E-state index contributed by atoms with van der Waals surface area (Å²) in [5, 5.41) is 2.19. The van der Waals surface area contributed by atoms with Gasteiger partial charge in [0, 0.05) is 33.8 Å². The van der Waals surface area contributed by atoms with Gasteiger partial charge in [0.05, 0.1) is 16.7 Å². The summed E-state index contributed by atoms with van der Waals surface area (Å²) < 4.78 is 4.44. The van der Waals surface area contributed by atoms with Gasteiger partial charge in [-0.15, -0.1) is 0 Å². The molecule has 5 nitrogen and oxygen atoms in total. The molecule has 0 fully saturated rings. The van der Waals surface area contributed by atoms with E-state index in [0.717, 1.165) is 61.1 Å². The van der Waals surface area contributed by atoms with Gasteiger partial charge in [-0.1, -0.05) is 72.8 Å². The molecule has 4 aromatic heterocycles. The van der Waals surface area contributed by atoms with E-state index in [0.29, 0.717) is 5.82 Å². The topological polar surface area (TPSA) is 48.0 Å². The number of hydrogen-bond acceptors (Lipinski definition) is 3. The molecule has 0 aliphatic carbocycles. The van der Waals surface area contributed by atoms with Crippen LogP contribution in [0.3, 0.4) is 0 Å². The van der Waals surface area contributed by atoms with Gasteiger partial charge in [-0.2, -0.15) is 0 Å². The standard InChI is InChI=1S/C33H21N5/c1-2-10-22(11-3-1)30-25-12-4-6-14-27(25)34-32(36-30)23-17-19-24(20-18-23)38-28-15-7-5-13-26(28)31-33(38)37-21-9-8-16-29(37)35-31/h1-21H. The smallest absolute Gasteiger partial charge is 0.160 e. The molecule has 4 aromatic carbocycles. The number of imidazole rings is 1. The van der Waals surface area contributed by atoms with Crippen LogP contribution >= 0.6 is 0 Å². The molecule has 8 aromatic rings. The van der Waals surface area contributed by atoms with Crippen LogP contribution in [0.15, 0.2) is 128 Å². The van der Waals surface area contributed by atoms with Crippen molar-refractivity contribution in [3.8, 4) is 28.3 Å². The molecule has 4 heterocycles. The first-order valence-corrected chi connectivity index (χ1v) is 12.6. The van der Waals surface area contributed by atoms with Gasteiger partial charge in [0.2, 0.25) is 0 Å². The Morgan fingerprint density at radius 1 is 0.526 bits per heavy atom. The molecular formula is C33H21N5. The lowest BCUT2D eigenvalue weighted by atomic mass is 10.1. The van der Waals surface area contributed by atoms with Gasteiger partial charge in [-0.3, -0.25) is 8.97 Å². The second-order valence-electron chi connectivity index (χ2n) is 9.39. The molecule has 0 radical (unpaired) electrons. The molecule has 0 bridgehead atoms. The van der Waals surface area contributed by atoms with E-state index >= 15 is 0 Å². The molecule has 0 spiro atoms. The molecule has 0 atom stereocenters. The van der Waals surface area contributed by atoms with Crippen molar-refractivity contribution in [1.29, 1.82) is 0 Å². The number of rotatable bonds is 3. The quantitative estimate of drug-likeness (QED) is 0.256. The summed E-state index contributed by atoms with van der Waals surface area (Å²) >= 11 is 0. The highest BCUT2D eigenvalue weighted by Crippen LogP contribution is 2.33. The van der Waals surface area contributed by atoms with E-state index in [1.807, 2.05) is 48.5 Å². The van der Waals surface area contributed by atoms with E-state index in [1.165, 1.54) is 0 Å². The summed E-state index contributed by atoms with van der Waals surface area (Å²) in [5.74, 6) is 0.714. The first-order valence-electron chi connectivity index (χ1n) is 12.6. The Bertz CT molecular complexity index is 2110. The van der Waals surface area contributed by atoms with E-state index in [9.17, 15) is 0 Å². The molecule has 0 saturated heterocycles. The Hall–Kier alpha value is -5.29. The average Bonchev–Trinajstić information content (AvgIpc) is 3.52. The van der Waals surface area contributed by atoms with Gasteiger partial charge in [-0.05, 0) is 48.5 Å². The maximum atomic E-state index is 5.03. The number of nitrogens with zero attached hydrogens (tertiary/aromatic N) is 5. The van der Waals surface area contributed by atoms with E-state index in [-0.39, 0.29) is 0 Å². The predicted octanol–water partition coefficient (Wildman–Crippen LogP) is 7.71. The minimum atomic E-state index is 0.714. The normalized spacial score (nSPS) is 11.7. The van der Waals surface area contributed by atoms with Crippen LogP contribution in [0.1, 0.15) is 0 Å². The van der Waals surface area contributed by atoms with E-state index in [1.54, 1.807) is 0 Å². The number of benzene rings is 4. The largest absolute Gasteiger partial charge is 0.294 e. The summed E-state index contributed by atoms with van der Waals surface area (Å²) in [5.41, 5.74) is 9.12. The van der Waals surface area contributed by atoms with Gasteiger partial charge in [0.25, 0.3) is 0 Å². The predicted molar refractivity (Wildman–Crippen MR) is 153 cm³/mol. The van der Waals surface area contributed by atoms with Crippen LogP contribution in [0.4, 0.5) is 0 Å². The molecule has 178 valence electrons. The van der Waals surface area contributed by atoms with Crippen molar-refractivity contribution in [3.05, 3.63) is 128 Å². The van der Waals surface area contributed by atoms with E-state index < -0.39 is 0 Å². The molecule has 0 aliphatic heterocycles. The zero-order chi connectivity index (χ0) is 25.1. The zero-order valence-corrected chi connectivity index (χ0v) is 20.4. The van der Waals surface area contributed by atoms with Gasteiger partial charge in [0.15, 0.2) is 11.5 Å². The number of aromatic nitrogens is 5. The number of para-hydroxylation sites is 2. The summed E-state index contributed by atoms with van der Waals surface area (Å²) in [6.45, 7) is 0. The minimum Gasteiger partial charge on any atom is -0.294 e. The molecular weight excluding hydrogens is 466 g/mol. The Labute approximate surface area is 218 Å². The molecule has 38 heavy (non-hydrogen) atoms. The molecule has 5 heteroatoms. The molecule has 0 saturated carbocycles. The van der Waals surface area contributed by atoms with Gasteiger partial charge in [0.1, 0.15) is 11.2 Å². The highest BCUT2D eigenvalue weighted by molar-refractivity contribution is 6.07. The van der Waals surface area contributed by atoms with E-state index in [2.05, 4.69) is 88.0 Å². The van der Waals surface area contributed by atoms with Gasteiger partial charge in [-0.25, -0.2) is 15.0 Å². The fourth-order valence-corrected chi connectivity index (χ4v) is 5.40. The summed E-state index contributed by atoms with van der Waals surface area (Å²) in [7, 11) is 0. The second-order valence-corrected chi connectivity index (χ2v) is 9.39. The maximum Gasteiger partial charge on any atom is 0.160 e. The van der Waals surface area contributed by atoms with Crippen molar-refractivity contribution in [3.63, 3.8) is 0 Å².